The summed E-state index contributed by atoms with van der Waals surface area (Å²) in [7, 11) is -4.02. The lowest BCUT2D eigenvalue weighted by atomic mass is 10.2. The van der Waals surface area contributed by atoms with Crippen molar-refractivity contribution in [2.75, 3.05) is 35.9 Å². The van der Waals surface area contributed by atoms with Crippen LogP contribution in [0.25, 0.3) is 0 Å². The van der Waals surface area contributed by atoms with E-state index in [0.29, 0.717) is 32.0 Å². The Morgan fingerprint density at radius 2 is 1.72 bits per heavy atom. The molecule has 0 bridgehead atoms. The van der Waals surface area contributed by atoms with Crippen LogP contribution in [0.1, 0.15) is 5.56 Å². The summed E-state index contributed by atoms with van der Waals surface area (Å²) in [5.74, 6) is -1.18. The summed E-state index contributed by atoms with van der Waals surface area (Å²) in [6, 6.07) is 7.70. The third-order valence-corrected chi connectivity index (χ3v) is 5.37. The van der Waals surface area contributed by atoms with E-state index in [1.165, 1.54) is 25.1 Å². The first-order valence-electron chi connectivity index (χ1n) is 7.78. The lowest BCUT2D eigenvalue weighted by Gasteiger charge is -2.29. The second kappa shape index (κ2) is 6.97. The summed E-state index contributed by atoms with van der Waals surface area (Å²) in [4.78, 5) is 1.87. The Labute approximate surface area is 145 Å². The summed E-state index contributed by atoms with van der Waals surface area (Å²) >= 11 is 0. The van der Waals surface area contributed by atoms with Crippen molar-refractivity contribution in [2.24, 2.45) is 0 Å². The van der Waals surface area contributed by atoms with E-state index in [2.05, 4.69) is 4.72 Å². The molecule has 0 atom stereocenters. The SMILES string of the molecule is Cc1cc(S(=O)(=O)Nc2cc(N3CCOCC3)ccc2F)ccc1F. The molecule has 1 fully saturated rings. The molecule has 0 radical (unpaired) electrons. The van der Waals surface area contributed by atoms with Gasteiger partial charge in [0.25, 0.3) is 10.0 Å². The summed E-state index contributed by atoms with van der Waals surface area (Å²) in [6.45, 7) is 3.89. The monoisotopic (exact) mass is 368 g/mol. The number of ether oxygens (including phenoxy) is 1. The molecule has 1 heterocycles. The van der Waals surface area contributed by atoms with Gasteiger partial charge in [-0.05, 0) is 48.9 Å². The van der Waals surface area contributed by atoms with Crippen LogP contribution < -0.4 is 9.62 Å². The van der Waals surface area contributed by atoms with Gasteiger partial charge in [0, 0.05) is 18.8 Å². The van der Waals surface area contributed by atoms with Gasteiger partial charge in [-0.1, -0.05) is 0 Å². The molecule has 1 saturated heterocycles. The first-order valence-corrected chi connectivity index (χ1v) is 9.26. The van der Waals surface area contributed by atoms with Gasteiger partial charge in [-0.15, -0.1) is 0 Å². The van der Waals surface area contributed by atoms with Crippen molar-refractivity contribution in [1.82, 2.24) is 0 Å². The number of hydrogen-bond donors (Lipinski definition) is 1. The normalized spacial score (nSPS) is 15.2. The molecule has 0 aromatic heterocycles. The van der Waals surface area contributed by atoms with Gasteiger partial charge in [-0.25, -0.2) is 17.2 Å². The standard InChI is InChI=1S/C17H18F2N2O3S/c1-12-10-14(3-5-15(12)18)25(22,23)20-17-11-13(2-4-16(17)19)21-6-8-24-9-7-21/h2-5,10-11,20H,6-9H2,1H3. The van der Waals surface area contributed by atoms with Crippen molar-refractivity contribution in [3.63, 3.8) is 0 Å². The molecular weight excluding hydrogens is 350 g/mol. The van der Waals surface area contributed by atoms with Crippen LogP contribution in [-0.4, -0.2) is 34.7 Å². The zero-order valence-corrected chi connectivity index (χ0v) is 14.4. The number of aryl methyl sites for hydroxylation is 1. The molecule has 0 saturated carbocycles. The van der Waals surface area contributed by atoms with Crippen LogP contribution in [0.4, 0.5) is 20.2 Å². The number of rotatable bonds is 4. The Hall–Kier alpha value is -2.19. The Morgan fingerprint density at radius 3 is 2.40 bits per heavy atom. The molecular formula is C17H18F2N2O3S. The molecule has 0 aliphatic carbocycles. The van der Waals surface area contributed by atoms with Gasteiger partial charge in [0.2, 0.25) is 0 Å². The Balaban J connectivity index is 1.89. The molecule has 1 N–H and O–H groups in total. The molecule has 5 nitrogen and oxygen atoms in total. The van der Waals surface area contributed by atoms with Gasteiger partial charge >= 0.3 is 0 Å². The highest BCUT2D eigenvalue weighted by Gasteiger charge is 2.19. The third kappa shape index (κ3) is 3.91. The second-order valence-electron chi connectivity index (χ2n) is 5.78. The van der Waals surface area contributed by atoms with Crippen LogP contribution in [0.5, 0.6) is 0 Å². The fourth-order valence-corrected chi connectivity index (χ4v) is 3.74. The van der Waals surface area contributed by atoms with Crippen molar-refractivity contribution in [3.8, 4) is 0 Å². The quantitative estimate of drug-likeness (QED) is 0.902. The van der Waals surface area contributed by atoms with E-state index in [-0.39, 0.29) is 16.1 Å². The predicted octanol–water partition coefficient (Wildman–Crippen LogP) is 2.91. The fourth-order valence-electron chi connectivity index (χ4n) is 2.60. The predicted molar refractivity (Wildman–Crippen MR) is 91.4 cm³/mol. The van der Waals surface area contributed by atoms with Crippen LogP contribution >= 0.6 is 0 Å². The van der Waals surface area contributed by atoms with Crippen molar-refractivity contribution >= 4 is 21.4 Å². The minimum absolute atomic E-state index is 0.123. The van der Waals surface area contributed by atoms with E-state index in [9.17, 15) is 17.2 Å². The Bertz CT molecular complexity index is 881. The van der Waals surface area contributed by atoms with Gasteiger partial charge in [0.15, 0.2) is 0 Å². The summed E-state index contributed by atoms with van der Waals surface area (Å²) in [5.41, 5.74) is 0.758. The highest BCUT2D eigenvalue weighted by Crippen LogP contribution is 2.26. The number of halogens is 2. The van der Waals surface area contributed by atoms with Gasteiger partial charge in [-0.2, -0.15) is 0 Å². The van der Waals surface area contributed by atoms with Gasteiger partial charge in [0.05, 0.1) is 23.8 Å². The maximum atomic E-state index is 14.1. The molecule has 2 aromatic carbocycles. The molecule has 8 heteroatoms. The second-order valence-corrected chi connectivity index (χ2v) is 7.46. The topological polar surface area (TPSA) is 58.6 Å². The molecule has 2 aromatic rings. The van der Waals surface area contributed by atoms with Crippen molar-refractivity contribution < 1.29 is 21.9 Å². The summed E-state index contributed by atoms with van der Waals surface area (Å²) < 4.78 is 59.9. The van der Waals surface area contributed by atoms with E-state index in [1.807, 2.05) is 4.90 Å². The molecule has 1 aliphatic rings. The van der Waals surface area contributed by atoms with Crippen LogP contribution in [0.15, 0.2) is 41.3 Å². The fraction of sp³-hybridized carbons (Fsp3) is 0.294. The minimum Gasteiger partial charge on any atom is -0.378 e. The molecule has 0 spiro atoms. The average molecular weight is 368 g/mol. The third-order valence-electron chi connectivity index (χ3n) is 4.01. The number of anilines is 2. The number of nitrogens with zero attached hydrogens (tertiary/aromatic N) is 1. The summed E-state index contributed by atoms with van der Waals surface area (Å²) in [6.07, 6.45) is 0. The maximum Gasteiger partial charge on any atom is 0.262 e. The smallest absolute Gasteiger partial charge is 0.262 e. The van der Waals surface area contributed by atoms with Crippen molar-refractivity contribution in [3.05, 3.63) is 53.6 Å². The molecule has 1 aliphatic heterocycles. The van der Waals surface area contributed by atoms with E-state index in [0.717, 1.165) is 12.1 Å². The van der Waals surface area contributed by atoms with E-state index >= 15 is 0 Å². The lowest BCUT2D eigenvalue weighted by Crippen LogP contribution is -2.36. The first-order chi connectivity index (χ1) is 11.9. The van der Waals surface area contributed by atoms with Crippen LogP contribution in [0.2, 0.25) is 0 Å². The maximum absolute atomic E-state index is 14.1. The summed E-state index contributed by atoms with van der Waals surface area (Å²) in [5, 5.41) is 0. The first kappa shape index (κ1) is 17.6. The molecule has 0 amide bonds. The largest absolute Gasteiger partial charge is 0.378 e. The van der Waals surface area contributed by atoms with E-state index in [4.69, 9.17) is 4.74 Å². The Kier molecular flexibility index (Phi) is 4.91. The molecule has 25 heavy (non-hydrogen) atoms. The number of sulfonamides is 1. The van der Waals surface area contributed by atoms with E-state index < -0.39 is 21.7 Å². The molecule has 3 rings (SSSR count). The average Bonchev–Trinajstić information content (AvgIpc) is 2.60. The van der Waals surface area contributed by atoms with Gasteiger partial charge < -0.3 is 9.64 Å². The van der Waals surface area contributed by atoms with E-state index in [1.54, 1.807) is 6.07 Å². The van der Waals surface area contributed by atoms with Crippen LogP contribution in [-0.2, 0) is 14.8 Å². The lowest BCUT2D eigenvalue weighted by molar-refractivity contribution is 0.122. The zero-order valence-electron chi connectivity index (χ0n) is 13.6. The van der Waals surface area contributed by atoms with Crippen LogP contribution in [0.3, 0.4) is 0 Å². The zero-order chi connectivity index (χ0) is 18.0. The minimum atomic E-state index is -4.02. The van der Waals surface area contributed by atoms with Gasteiger partial charge in [-0.3, -0.25) is 4.72 Å². The number of hydrogen-bond acceptors (Lipinski definition) is 4. The molecule has 0 unspecified atom stereocenters. The highest BCUT2D eigenvalue weighted by atomic mass is 32.2. The highest BCUT2D eigenvalue weighted by molar-refractivity contribution is 7.92. The van der Waals surface area contributed by atoms with Crippen LogP contribution in [0, 0.1) is 18.6 Å². The number of morpholine rings is 1. The number of nitrogens with one attached hydrogen (secondary N) is 1. The van der Waals surface area contributed by atoms with Crippen molar-refractivity contribution in [1.29, 1.82) is 0 Å². The number of benzene rings is 2. The molecule has 134 valence electrons. The van der Waals surface area contributed by atoms with Crippen molar-refractivity contribution in [2.45, 2.75) is 11.8 Å². The van der Waals surface area contributed by atoms with Gasteiger partial charge in [0.1, 0.15) is 11.6 Å². The Morgan fingerprint density at radius 1 is 1.04 bits per heavy atom.